The van der Waals surface area contributed by atoms with Gasteiger partial charge in [-0.2, -0.15) is 0 Å². The fourth-order valence-electron chi connectivity index (χ4n) is 2.70. The van der Waals surface area contributed by atoms with E-state index in [1.165, 1.54) is 0 Å². The van der Waals surface area contributed by atoms with Crippen LogP contribution in [0.25, 0.3) is 10.9 Å². The van der Waals surface area contributed by atoms with E-state index in [0.29, 0.717) is 5.82 Å². The van der Waals surface area contributed by atoms with E-state index in [9.17, 15) is 4.79 Å². The van der Waals surface area contributed by atoms with Crippen molar-refractivity contribution in [3.63, 3.8) is 0 Å². The third kappa shape index (κ3) is 2.27. The standard InChI is InChI=1S/C15H18N4O/c1-11(20)18-6-8-19(9-7-18)14-10-15(16)17-13-5-3-2-4-12(13)14/h2-5,10H,6-9H2,1H3,(H2,16,17). The molecule has 0 aliphatic carbocycles. The molecule has 0 spiro atoms. The molecule has 104 valence electrons. The van der Waals surface area contributed by atoms with Crippen LogP contribution in [0.5, 0.6) is 0 Å². The summed E-state index contributed by atoms with van der Waals surface area (Å²) in [6.45, 7) is 4.79. The smallest absolute Gasteiger partial charge is 0.219 e. The van der Waals surface area contributed by atoms with E-state index in [1.54, 1.807) is 6.92 Å². The topological polar surface area (TPSA) is 62.5 Å². The highest BCUT2D eigenvalue weighted by molar-refractivity contribution is 5.93. The second kappa shape index (κ2) is 5.00. The fourth-order valence-corrected chi connectivity index (χ4v) is 2.70. The molecule has 20 heavy (non-hydrogen) atoms. The van der Waals surface area contributed by atoms with Gasteiger partial charge in [0.15, 0.2) is 0 Å². The molecule has 5 heteroatoms. The summed E-state index contributed by atoms with van der Waals surface area (Å²) >= 11 is 0. The number of carbonyl (C=O) groups excluding carboxylic acids is 1. The molecule has 1 aliphatic heterocycles. The molecule has 0 bridgehead atoms. The van der Waals surface area contributed by atoms with Gasteiger partial charge < -0.3 is 15.5 Å². The molecule has 1 fully saturated rings. The van der Waals surface area contributed by atoms with Gasteiger partial charge in [-0.3, -0.25) is 4.79 Å². The first-order valence-corrected chi connectivity index (χ1v) is 6.81. The molecule has 1 aliphatic rings. The van der Waals surface area contributed by atoms with Gasteiger partial charge in [0.1, 0.15) is 5.82 Å². The molecule has 5 nitrogen and oxygen atoms in total. The maximum Gasteiger partial charge on any atom is 0.219 e. The molecule has 1 aromatic heterocycles. The number of piperazine rings is 1. The van der Waals surface area contributed by atoms with E-state index in [-0.39, 0.29) is 5.91 Å². The summed E-state index contributed by atoms with van der Waals surface area (Å²) in [4.78, 5) is 19.9. The lowest BCUT2D eigenvalue weighted by molar-refractivity contribution is -0.129. The number of amides is 1. The molecule has 2 N–H and O–H groups in total. The van der Waals surface area contributed by atoms with Crippen molar-refractivity contribution in [2.24, 2.45) is 0 Å². The van der Waals surface area contributed by atoms with Gasteiger partial charge in [-0.05, 0) is 6.07 Å². The summed E-state index contributed by atoms with van der Waals surface area (Å²) < 4.78 is 0. The lowest BCUT2D eigenvalue weighted by Crippen LogP contribution is -2.48. The number of nitrogens with zero attached hydrogens (tertiary/aromatic N) is 3. The molecule has 0 unspecified atom stereocenters. The average Bonchev–Trinajstić information content (AvgIpc) is 2.46. The number of anilines is 2. The maximum atomic E-state index is 11.4. The van der Waals surface area contributed by atoms with Crippen molar-refractivity contribution in [1.29, 1.82) is 0 Å². The predicted molar refractivity (Wildman–Crippen MR) is 80.6 cm³/mol. The lowest BCUT2D eigenvalue weighted by Gasteiger charge is -2.36. The van der Waals surface area contributed by atoms with Crippen molar-refractivity contribution in [2.75, 3.05) is 36.8 Å². The van der Waals surface area contributed by atoms with Crippen molar-refractivity contribution in [2.45, 2.75) is 6.92 Å². The van der Waals surface area contributed by atoms with Crippen molar-refractivity contribution in [3.05, 3.63) is 30.3 Å². The zero-order valence-corrected chi connectivity index (χ0v) is 11.5. The first-order chi connectivity index (χ1) is 9.65. The minimum atomic E-state index is 0.142. The number of carbonyl (C=O) groups is 1. The van der Waals surface area contributed by atoms with Gasteiger partial charge in [-0.15, -0.1) is 0 Å². The van der Waals surface area contributed by atoms with E-state index in [2.05, 4.69) is 16.0 Å². The second-order valence-electron chi connectivity index (χ2n) is 5.08. The normalized spacial score (nSPS) is 15.7. The Morgan fingerprint density at radius 3 is 2.60 bits per heavy atom. The summed E-state index contributed by atoms with van der Waals surface area (Å²) in [6, 6.07) is 9.93. The predicted octanol–water partition coefficient (Wildman–Crippen LogP) is 1.49. The Hall–Kier alpha value is -2.30. The van der Waals surface area contributed by atoms with Gasteiger partial charge in [0, 0.05) is 50.2 Å². The van der Waals surface area contributed by atoms with Crippen molar-refractivity contribution in [1.82, 2.24) is 9.88 Å². The molecular weight excluding hydrogens is 252 g/mol. The molecular formula is C15H18N4O. The number of aromatic nitrogens is 1. The molecule has 1 amide bonds. The Balaban J connectivity index is 1.93. The van der Waals surface area contributed by atoms with Gasteiger partial charge in [0.2, 0.25) is 5.91 Å². The quantitative estimate of drug-likeness (QED) is 0.852. The second-order valence-corrected chi connectivity index (χ2v) is 5.08. The molecule has 2 aromatic rings. The number of pyridine rings is 1. The fraction of sp³-hybridized carbons (Fsp3) is 0.333. The van der Waals surface area contributed by atoms with Gasteiger partial charge in [0.25, 0.3) is 0 Å². The maximum absolute atomic E-state index is 11.4. The Morgan fingerprint density at radius 2 is 1.90 bits per heavy atom. The molecule has 0 saturated carbocycles. The Kier molecular flexibility index (Phi) is 3.18. The first-order valence-electron chi connectivity index (χ1n) is 6.81. The van der Waals surface area contributed by atoms with Crippen molar-refractivity contribution >= 4 is 28.3 Å². The van der Waals surface area contributed by atoms with E-state index < -0.39 is 0 Å². The molecule has 2 heterocycles. The molecule has 3 rings (SSSR count). The third-order valence-corrected chi connectivity index (χ3v) is 3.78. The first kappa shape index (κ1) is 12.7. The zero-order valence-electron chi connectivity index (χ0n) is 11.5. The Bertz CT molecular complexity index is 647. The van der Waals surface area contributed by atoms with Crippen LogP contribution >= 0.6 is 0 Å². The number of nitrogen functional groups attached to an aromatic ring is 1. The third-order valence-electron chi connectivity index (χ3n) is 3.78. The van der Waals surface area contributed by atoms with Crippen LogP contribution in [0.2, 0.25) is 0 Å². The van der Waals surface area contributed by atoms with Gasteiger partial charge >= 0.3 is 0 Å². The SMILES string of the molecule is CC(=O)N1CCN(c2cc(N)nc3ccccc23)CC1. The Labute approximate surface area is 118 Å². The van der Waals surface area contributed by atoms with E-state index >= 15 is 0 Å². The van der Waals surface area contributed by atoms with Crippen molar-refractivity contribution < 1.29 is 4.79 Å². The zero-order chi connectivity index (χ0) is 14.1. The van der Waals surface area contributed by atoms with Gasteiger partial charge in [-0.1, -0.05) is 18.2 Å². The summed E-state index contributed by atoms with van der Waals surface area (Å²) in [5, 5.41) is 1.11. The average molecular weight is 270 g/mol. The van der Waals surface area contributed by atoms with E-state index in [4.69, 9.17) is 5.73 Å². The highest BCUT2D eigenvalue weighted by atomic mass is 16.2. The molecule has 0 radical (unpaired) electrons. The highest BCUT2D eigenvalue weighted by Crippen LogP contribution is 2.28. The summed E-state index contributed by atoms with van der Waals surface area (Å²) in [6.07, 6.45) is 0. The minimum Gasteiger partial charge on any atom is -0.384 e. The number of rotatable bonds is 1. The summed E-state index contributed by atoms with van der Waals surface area (Å²) in [7, 11) is 0. The van der Waals surface area contributed by atoms with Crippen LogP contribution in [0, 0.1) is 0 Å². The van der Waals surface area contributed by atoms with Crippen molar-refractivity contribution in [3.8, 4) is 0 Å². The highest BCUT2D eigenvalue weighted by Gasteiger charge is 2.20. The summed E-state index contributed by atoms with van der Waals surface area (Å²) in [5.41, 5.74) is 7.93. The molecule has 0 atom stereocenters. The number of fused-ring (bicyclic) bond motifs is 1. The van der Waals surface area contributed by atoms with Crippen LogP contribution in [-0.2, 0) is 4.79 Å². The van der Waals surface area contributed by atoms with Crippen LogP contribution in [-0.4, -0.2) is 42.0 Å². The number of hydrogen-bond acceptors (Lipinski definition) is 4. The van der Waals surface area contributed by atoms with Gasteiger partial charge in [0.05, 0.1) is 5.52 Å². The molecule has 1 saturated heterocycles. The van der Waals surface area contributed by atoms with Crippen LogP contribution in [0.15, 0.2) is 30.3 Å². The Morgan fingerprint density at radius 1 is 1.20 bits per heavy atom. The number of hydrogen-bond donors (Lipinski definition) is 1. The minimum absolute atomic E-state index is 0.142. The summed E-state index contributed by atoms with van der Waals surface area (Å²) in [5.74, 6) is 0.677. The largest absolute Gasteiger partial charge is 0.384 e. The van der Waals surface area contributed by atoms with E-state index in [0.717, 1.165) is 42.8 Å². The van der Waals surface area contributed by atoms with Crippen LogP contribution in [0.3, 0.4) is 0 Å². The lowest BCUT2D eigenvalue weighted by atomic mass is 10.1. The number of nitrogens with two attached hydrogens (primary N) is 1. The van der Waals surface area contributed by atoms with Gasteiger partial charge in [-0.25, -0.2) is 4.98 Å². The van der Waals surface area contributed by atoms with Crippen LogP contribution < -0.4 is 10.6 Å². The van der Waals surface area contributed by atoms with Crippen LogP contribution in [0.1, 0.15) is 6.92 Å². The molecule has 1 aromatic carbocycles. The number of para-hydroxylation sites is 1. The van der Waals surface area contributed by atoms with Crippen LogP contribution in [0.4, 0.5) is 11.5 Å². The number of benzene rings is 1. The van der Waals surface area contributed by atoms with E-state index in [1.807, 2.05) is 29.2 Å². The monoisotopic (exact) mass is 270 g/mol.